The number of ketones is 1. The summed E-state index contributed by atoms with van der Waals surface area (Å²) < 4.78 is 9.23. The number of hydrogen-bond acceptors (Lipinski definition) is 6. The molecule has 0 saturated carbocycles. The molecule has 1 aromatic carbocycles. The lowest BCUT2D eigenvalue weighted by Crippen LogP contribution is -2.29. The lowest BCUT2D eigenvalue weighted by Gasteiger charge is -2.15. The van der Waals surface area contributed by atoms with Crippen LogP contribution in [0.3, 0.4) is 0 Å². The second-order valence-corrected chi connectivity index (χ2v) is 5.45. The summed E-state index contributed by atoms with van der Waals surface area (Å²) in [5.41, 5.74) is 1.33. The minimum absolute atomic E-state index is 0.111. The summed E-state index contributed by atoms with van der Waals surface area (Å²) in [5, 5.41) is 3.85. The number of carbonyl (C=O) groups is 2. The van der Waals surface area contributed by atoms with Gasteiger partial charge in [-0.05, 0) is 12.1 Å². The van der Waals surface area contributed by atoms with Gasteiger partial charge in [-0.1, -0.05) is 16.1 Å². The number of amides is 1. The first-order valence-electron chi connectivity index (χ1n) is 5.62. The average Bonchev–Trinajstić information content (AvgIpc) is 2.96. The van der Waals surface area contributed by atoms with Crippen molar-refractivity contribution in [3.8, 4) is 5.75 Å². The van der Waals surface area contributed by atoms with Crippen LogP contribution in [0.2, 0.25) is 4.34 Å². The monoisotopic (exact) mass is 309 g/mol. The maximum atomic E-state index is 12.0. The topological polar surface area (TPSA) is 72.4 Å². The smallest absolute Gasteiger partial charge is 0.299 e. The number of nitrogens with zero attached hydrogens (tertiary/aromatic N) is 3. The number of fused-ring (bicyclic) bond motifs is 1. The molecule has 0 bridgehead atoms. The van der Waals surface area contributed by atoms with E-state index in [0.29, 0.717) is 27.0 Å². The number of Topliss-reactive ketones (excluding diaryl/α,β-unsaturated/α-hetero) is 1. The van der Waals surface area contributed by atoms with Crippen LogP contribution in [0, 0.1) is 0 Å². The predicted molar refractivity (Wildman–Crippen MR) is 73.4 cm³/mol. The van der Waals surface area contributed by atoms with Crippen molar-refractivity contribution >= 4 is 40.5 Å². The Labute approximate surface area is 123 Å². The third-order valence-electron chi connectivity index (χ3n) is 3.00. The van der Waals surface area contributed by atoms with Gasteiger partial charge in [-0.3, -0.25) is 14.5 Å². The van der Waals surface area contributed by atoms with Crippen molar-refractivity contribution in [2.24, 2.45) is 0 Å². The molecule has 2 aromatic rings. The fourth-order valence-corrected chi connectivity index (χ4v) is 2.61. The molecular formula is C12H8ClN3O3S. The van der Waals surface area contributed by atoms with Gasteiger partial charge in [0.1, 0.15) is 15.8 Å². The number of ether oxygens (including phenoxy) is 1. The molecule has 2 heterocycles. The van der Waals surface area contributed by atoms with Crippen LogP contribution in [0.15, 0.2) is 18.2 Å². The molecule has 0 N–H and O–H groups in total. The van der Waals surface area contributed by atoms with Gasteiger partial charge in [0, 0.05) is 17.6 Å². The van der Waals surface area contributed by atoms with Crippen LogP contribution in [0.4, 0.5) is 5.69 Å². The Bertz CT molecular complexity index is 716. The van der Waals surface area contributed by atoms with Gasteiger partial charge in [0.05, 0.1) is 24.9 Å². The number of carbonyl (C=O) groups excluding carboxylic acids is 2. The third-order valence-corrected chi connectivity index (χ3v) is 3.98. The van der Waals surface area contributed by atoms with E-state index < -0.39 is 11.7 Å². The Hall–Kier alpha value is -1.99. The SMILES string of the molecule is COc1ccc2c(c1)N(Cc1nnsc1Cl)C(=O)C2=O. The van der Waals surface area contributed by atoms with Crippen molar-refractivity contribution in [2.75, 3.05) is 12.0 Å². The highest BCUT2D eigenvalue weighted by Gasteiger charge is 2.36. The molecule has 3 rings (SSSR count). The standard InChI is InChI=1S/C12H8ClN3O3S/c1-19-6-2-3-7-9(4-6)16(12(18)10(7)17)5-8-11(13)20-15-14-8/h2-4H,5H2,1H3. The number of rotatable bonds is 3. The second kappa shape index (κ2) is 4.84. The number of hydrogen-bond donors (Lipinski definition) is 0. The van der Waals surface area contributed by atoms with Crippen LogP contribution in [0.1, 0.15) is 16.1 Å². The lowest BCUT2D eigenvalue weighted by molar-refractivity contribution is -0.114. The molecule has 1 aliphatic rings. The first kappa shape index (κ1) is 13.0. The molecular weight excluding hydrogens is 302 g/mol. The molecule has 0 unspecified atom stereocenters. The first-order valence-corrected chi connectivity index (χ1v) is 6.78. The highest BCUT2D eigenvalue weighted by Crippen LogP contribution is 2.34. The average molecular weight is 310 g/mol. The van der Waals surface area contributed by atoms with Crippen molar-refractivity contribution in [3.63, 3.8) is 0 Å². The number of benzene rings is 1. The summed E-state index contributed by atoms with van der Waals surface area (Å²) in [6, 6.07) is 4.87. The van der Waals surface area contributed by atoms with Crippen LogP contribution in [-0.4, -0.2) is 28.4 Å². The molecule has 8 heteroatoms. The van der Waals surface area contributed by atoms with Crippen molar-refractivity contribution in [2.45, 2.75) is 6.54 Å². The van der Waals surface area contributed by atoms with Crippen molar-refractivity contribution in [3.05, 3.63) is 33.8 Å². The van der Waals surface area contributed by atoms with Crippen molar-refractivity contribution in [1.82, 2.24) is 9.59 Å². The molecule has 0 spiro atoms. The summed E-state index contributed by atoms with van der Waals surface area (Å²) in [5.74, 6) is -0.571. The third kappa shape index (κ3) is 1.95. The van der Waals surface area contributed by atoms with Gasteiger partial charge in [-0.15, -0.1) is 5.10 Å². The van der Waals surface area contributed by atoms with Crippen LogP contribution < -0.4 is 9.64 Å². The zero-order valence-electron chi connectivity index (χ0n) is 10.3. The molecule has 1 aromatic heterocycles. The number of halogens is 1. The second-order valence-electron chi connectivity index (χ2n) is 4.10. The molecule has 6 nitrogen and oxygen atoms in total. The molecule has 1 amide bonds. The van der Waals surface area contributed by atoms with Gasteiger partial charge in [0.25, 0.3) is 11.7 Å². The summed E-state index contributed by atoms with van der Waals surface area (Å²) in [6.07, 6.45) is 0. The van der Waals surface area contributed by atoms with Crippen molar-refractivity contribution < 1.29 is 14.3 Å². The van der Waals surface area contributed by atoms with Gasteiger partial charge in [-0.25, -0.2) is 0 Å². The van der Waals surface area contributed by atoms with Crippen LogP contribution in [0.5, 0.6) is 5.75 Å². The van der Waals surface area contributed by atoms with Crippen molar-refractivity contribution in [1.29, 1.82) is 0 Å². The summed E-state index contributed by atoms with van der Waals surface area (Å²) >= 11 is 6.97. The van der Waals surface area contributed by atoms with Gasteiger partial charge in [-0.2, -0.15) is 0 Å². The Morgan fingerprint density at radius 2 is 2.20 bits per heavy atom. The van der Waals surface area contributed by atoms with Gasteiger partial charge < -0.3 is 4.74 Å². The molecule has 0 radical (unpaired) electrons. The van der Waals surface area contributed by atoms with Gasteiger partial charge >= 0.3 is 0 Å². The van der Waals surface area contributed by atoms with E-state index in [4.69, 9.17) is 16.3 Å². The largest absolute Gasteiger partial charge is 0.497 e. The maximum Gasteiger partial charge on any atom is 0.299 e. The molecule has 0 saturated heterocycles. The molecule has 0 fully saturated rings. The van der Waals surface area contributed by atoms with E-state index in [-0.39, 0.29) is 6.54 Å². The number of methoxy groups -OCH3 is 1. The van der Waals surface area contributed by atoms with E-state index in [1.807, 2.05) is 0 Å². The minimum Gasteiger partial charge on any atom is -0.497 e. The maximum absolute atomic E-state index is 12.0. The lowest BCUT2D eigenvalue weighted by atomic mass is 10.1. The number of anilines is 1. The van der Waals surface area contributed by atoms with E-state index in [1.165, 1.54) is 12.0 Å². The minimum atomic E-state index is -0.600. The molecule has 20 heavy (non-hydrogen) atoms. The quantitative estimate of drug-likeness (QED) is 0.810. The Morgan fingerprint density at radius 1 is 1.40 bits per heavy atom. The normalized spacial score (nSPS) is 13.8. The first-order chi connectivity index (χ1) is 9.61. The molecule has 102 valence electrons. The molecule has 1 aliphatic heterocycles. The Morgan fingerprint density at radius 3 is 2.85 bits per heavy atom. The van der Waals surface area contributed by atoms with Crippen LogP contribution in [-0.2, 0) is 11.3 Å². The van der Waals surface area contributed by atoms with Gasteiger partial charge in [0.15, 0.2) is 0 Å². The van der Waals surface area contributed by atoms with Crippen LogP contribution in [0.25, 0.3) is 0 Å². The van der Waals surface area contributed by atoms with E-state index in [9.17, 15) is 9.59 Å². The van der Waals surface area contributed by atoms with E-state index in [0.717, 1.165) is 11.5 Å². The summed E-state index contributed by atoms with van der Waals surface area (Å²) in [7, 11) is 1.52. The fraction of sp³-hybridized carbons (Fsp3) is 0.167. The van der Waals surface area contributed by atoms with E-state index in [1.54, 1.807) is 18.2 Å². The van der Waals surface area contributed by atoms with Gasteiger partial charge in [0.2, 0.25) is 0 Å². The summed E-state index contributed by atoms with van der Waals surface area (Å²) in [4.78, 5) is 25.3. The Kier molecular flexibility index (Phi) is 3.15. The highest BCUT2D eigenvalue weighted by molar-refractivity contribution is 7.10. The Balaban J connectivity index is 2.03. The van der Waals surface area contributed by atoms with E-state index >= 15 is 0 Å². The highest BCUT2D eigenvalue weighted by atomic mass is 35.5. The fourth-order valence-electron chi connectivity index (χ4n) is 2.00. The number of aromatic nitrogens is 2. The summed E-state index contributed by atoms with van der Waals surface area (Å²) in [6.45, 7) is 0.111. The molecule has 0 atom stereocenters. The predicted octanol–water partition coefficient (Wildman–Crippen LogP) is 1.93. The zero-order valence-corrected chi connectivity index (χ0v) is 11.9. The van der Waals surface area contributed by atoms with E-state index in [2.05, 4.69) is 9.59 Å². The molecule has 0 aliphatic carbocycles. The zero-order chi connectivity index (χ0) is 14.3. The van der Waals surface area contributed by atoms with Crippen LogP contribution >= 0.6 is 23.1 Å².